The van der Waals surface area contributed by atoms with Crippen LogP contribution in [0.15, 0.2) is 0 Å². The second-order valence-corrected chi connectivity index (χ2v) is 11.3. The lowest BCUT2D eigenvalue weighted by Crippen LogP contribution is -2.42. The Balaban J connectivity index is 2.02. The van der Waals surface area contributed by atoms with Gasteiger partial charge in [0.15, 0.2) is 0 Å². The highest BCUT2D eigenvalue weighted by Crippen LogP contribution is 2.50. The fraction of sp³-hybridized carbons (Fsp3) is 0.966. The fourth-order valence-corrected chi connectivity index (χ4v) is 8.07. The molecule has 0 saturated heterocycles. The summed E-state index contributed by atoms with van der Waals surface area (Å²) in [6, 6.07) is 0. The van der Waals surface area contributed by atoms with Gasteiger partial charge in [-0.3, -0.25) is 4.79 Å². The van der Waals surface area contributed by atoms with Gasteiger partial charge >= 0.3 is 5.97 Å². The van der Waals surface area contributed by atoms with E-state index < -0.39 is 0 Å². The molecular weight excluding hydrogens is 380 g/mol. The first-order valence-electron chi connectivity index (χ1n) is 14.0. The Morgan fingerprint density at radius 2 is 1.23 bits per heavy atom. The number of esters is 1. The van der Waals surface area contributed by atoms with Crippen molar-refractivity contribution in [3.05, 3.63) is 0 Å². The maximum Gasteiger partial charge on any atom is 0.311 e. The summed E-state index contributed by atoms with van der Waals surface area (Å²) in [6.07, 6.45) is 17.4. The first kappa shape index (κ1) is 26.7. The third-order valence-corrected chi connectivity index (χ3v) is 10.2. The van der Waals surface area contributed by atoms with Crippen molar-refractivity contribution in [3.8, 4) is 0 Å². The van der Waals surface area contributed by atoms with Gasteiger partial charge in [0.25, 0.3) is 0 Å². The molecule has 2 heteroatoms. The Morgan fingerprint density at radius 1 is 0.774 bits per heavy atom. The summed E-state index contributed by atoms with van der Waals surface area (Å²) in [7, 11) is 1.56. The minimum Gasteiger partial charge on any atom is -0.469 e. The molecule has 0 aliphatic heterocycles. The van der Waals surface area contributed by atoms with Gasteiger partial charge in [0.1, 0.15) is 0 Å². The lowest BCUT2D eigenvalue weighted by atomic mass is 9.59. The van der Waals surface area contributed by atoms with Crippen LogP contribution in [0.4, 0.5) is 0 Å². The molecule has 0 amide bonds. The van der Waals surface area contributed by atoms with Gasteiger partial charge < -0.3 is 4.74 Å². The third-order valence-electron chi connectivity index (χ3n) is 10.2. The van der Waals surface area contributed by atoms with Crippen LogP contribution in [-0.2, 0) is 9.53 Å². The van der Waals surface area contributed by atoms with Gasteiger partial charge in [0, 0.05) is 0 Å². The molecule has 0 radical (unpaired) electrons. The minimum atomic E-state index is -0.324. The van der Waals surface area contributed by atoms with Crippen LogP contribution in [-0.4, -0.2) is 13.1 Å². The number of methoxy groups -OCH3 is 1. The van der Waals surface area contributed by atoms with Crippen LogP contribution < -0.4 is 0 Å². The molecule has 182 valence electrons. The lowest BCUT2D eigenvalue weighted by Gasteiger charge is -2.45. The van der Waals surface area contributed by atoms with Crippen molar-refractivity contribution in [2.45, 2.75) is 125 Å². The van der Waals surface area contributed by atoms with Crippen LogP contribution in [0, 0.1) is 46.8 Å². The van der Waals surface area contributed by atoms with E-state index in [0.717, 1.165) is 42.4 Å². The normalized spacial score (nSPS) is 32.0. The predicted octanol–water partition coefficient (Wildman–Crippen LogP) is 8.68. The molecule has 4 unspecified atom stereocenters. The van der Waals surface area contributed by atoms with Gasteiger partial charge in [0.05, 0.1) is 12.5 Å². The number of hydrogen-bond donors (Lipinski definition) is 0. The van der Waals surface area contributed by atoms with Gasteiger partial charge in [-0.25, -0.2) is 0 Å². The molecule has 2 aliphatic rings. The predicted molar refractivity (Wildman–Crippen MR) is 133 cm³/mol. The Hall–Kier alpha value is -0.530. The monoisotopic (exact) mass is 434 g/mol. The topological polar surface area (TPSA) is 26.3 Å². The summed E-state index contributed by atoms with van der Waals surface area (Å²) in [5.74, 6) is 5.86. The average Bonchev–Trinajstić information content (AvgIpc) is 2.82. The Kier molecular flexibility index (Phi) is 10.9. The van der Waals surface area contributed by atoms with E-state index in [1.54, 1.807) is 7.11 Å². The third kappa shape index (κ3) is 6.08. The summed E-state index contributed by atoms with van der Waals surface area (Å²) in [6.45, 7) is 13.9. The summed E-state index contributed by atoms with van der Waals surface area (Å²) < 4.78 is 5.25. The number of carbonyl (C=O) groups excluding carboxylic acids is 1. The van der Waals surface area contributed by atoms with Crippen molar-refractivity contribution in [3.63, 3.8) is 0 Å². The highest BCUT2D eigenvalue weighted by Gasteiger charge is 2.45. The van der Waals surface area contributed by atoms with E-state index in [-0.39, 0.29) is 11.4 Å². The highest BCUT2D eigenvalue weighted by molar-refractivity contribution is 5.76. The molecule has 2 aliphatic carbocycles. The molecule has 0 heterocycles. The largest absolute Gasteiger partial charge is 0.469 e. The summed E-state index contributed by atoms with van der Waals surface area (Å²) >= 11 is 0. The molecule has 0 aromatic carbocycles. The Morgan fingerprint density at radius 3 is 1.58 bits per heavy atom. The van der Waals surface area contributed by atoms with Crippen LogP contribution in [0.3, 0.4) is 0 Å². The molecular formula is C29H54O2. The van der Waals surface area contributed by atoms with E-state index in [1.165, 1.54) is 70.6 Å². The summed E-state index contributed by atoms with van der Waals surface area (Å²) in [5, 5.41) is 0. The van der Waals surface area contributed by atoms with Crippen molar-refractivity contribution >= 4 is 5.97 Å². The van der Waals surface area contributed by atoms with Gasteiger partial charge in [-0.2, -0.15) is 0 Å². The summed E-state index contributed by atoms with van der Waals surface area (Å²) in [5.41, 5.74) is -0.324. The van der Waals surface area contributed by atoms with E-state index in [4.69, 9.17) is 4.74 Å². The van der Waals surface area contributed by atoms with E-state index in [2.05, 4.69) is 41.5 Å². The maximum absolute atomic E-state index is 12.7. The Labute approximate surface area is 194 Å². The molecule has 0 spiro atoms. The number of carbonyl (C=O) groups is 1. The smallest absolute Gasteiger partial charge is 0.311 e. The van der Waals surface area contributed by atoms with Crippen molar-refractivity contribution in [1.29, 1.82) is 0 Å². The van der Waals surface area contributed by atoms with E-state index in [9.17, 15) is 4.79 Å². The molecule has 0 aromatic rings. The molecule has 2 fully saturated rings. The average molecular weight is 435 g/mol. The Bertz CT molecular complexity index is 513. The fourth-order valence-electron chi connectivity index (χ4n) is 8.07. The van der Waals surface area contributed by atoms with Crippen LogP contribution in [0.25, 0.3) is 0 Å². The lowest BCUT2D eigenvalue weighted by molar-refractivity contribution is -0.158. The van der Waals surface area contributed by atoms with Crippen LogP contribution in [0.2, 0.25) is 0 Å². The van der Waals surface area contributed by atoms with Crippen LogP contribution >= 0.6 is 0 Å². The minimum absolute atomic E-state index is 0.00383. The summed E-state index contributed by atoms with van der Waals surface area (Å²) in [4.78, 5) is 12.7. The van der Waals surface area contributed by atoms with Gasteiger partial charge in [-0.1, -0.05) is 73.1 Å². The second kappa shape index (κ2) is 12.6. The maximum atomic E-state index is 12.7. The molecule has 31 heavy (non-hydrogen) atoms. The first-order valence-corrected chi connectivity index (χ1v) is 14.0. The van der Waals surface area contributed by atoms with Crippen molar-refractivity contribution in [2.75, 3.05) is 7.11 Å². The van der Waals surface area contributed by atoms with Crippen LogP contribution in [0.1, 0.15) is 125 Å². The van der Waals surface area contributed by atoms with E-state index in [0.29, 0.717) is 11.8 Å². The second-order valence-electron chi connectivity index (χ2n) is 11.3. The molecule has 2 nitrogen and oxygen atoms in total. The number of hydrogen-bond acceptors (Lipinski definition) is 2. The van der Waals surface area contributed by atoms with Gasteiger partial charge in [-0.05, 0) is 93.3 Å². The molecule has 2 saturated carbocycles. The van der Waals surface area contributed by atoms with Crippen molar-refractivity contribution in [1.82, 2.24) is 0 Å². The quantitative estimate of drug-likeness (QED) is 0.304. The highest BCUT2D eigenvalue weighted by atomic mass is 16.5. The first-order chi connectivity index (χ1) is 14.9. The zero-order chi connectivity index (χ0) is 23.0. The zero-order valence-electron chi connectivity index (χ0n) is 22.1. The van der Waals surface area contributed by atoms with Gasteiger partial charge in [-0.15, -0.1) is 0 Å². The molecule has 0 aromatic heterocycles. The number of ether oxygens (including phenoxy) is 1. The molecule has 4 atom stereocenters. The number of rotatable bonds is 11. The van der Waals surface area contributed by atoms with Crippen molar-refractivity contribution < 1.29 is 9.53 Å². The van der Waals surface area contributed by atoms with E-state index >= 15 is 0 Å². The van der Waals surface area contributed by atoms with Crippen molar-refractivity contribution in [2.24, 2.45) is 46.8 Å². The zero-order valence-corrected chi connectivity index (χ0v) is 22.1. The SMILES string of the molecule is CCC1CCC(C(CC)C(CC)C2CCC(C(CC)C(C)(CC)C(=O)OC)CC2)CC1. The standard InChI is InChI=1S/C29H54O2/c1-8-21-13-15-22(16-14-21)25(9-2)26(10-3)23-17-19-24(20-18-23)27(11-4)29(6,12-5)28(30)31-7/h21-27H,8-20H2,1-7H3. The molecule has 0 bridgehead atoms. The molecule has 2 rings (SSSR count). The van der Waals surface area contributed by atoms with Crippen LogP contribution in [0.5, 0.6) is 0 Å². The molecule has 0 N–H and O–H groups in total. The van der Waals surface area contributed by atoms with E-state index in [1.807, 2.05) is 0 Å². The van der Waals surface area contributed by atoms with Gasteiger partial charge in [0.2, 0.25) is 0 Å².